The molecule has 0 saturated heterocycles. The third-order valence-corrected chi connectivity index (χ3v) is 3.74. The van der Waals surface area contributed by atoms with Crippen LogP contribution in [0.5, 0.6) is 0 Å². The topological polar surface area (TPSA) is 12.0 Å². The number of aryl methyl sites for hydroxylation is 2. The molecule has 0 amide bonds. The third kappa shape index (κ3) is 4.81. The van der Waals surface area contributed by atoms with Gasteiger partial charge in [-0.15, -0.1) is 0 Å². The molecular weight excluding hydrogens is 218 g/mol. The number of rotatable bonds is 7. The Hall–Kier alpha value is -0.820. The van der Waals surface area contributed by atoms with Gasteiger partial charge in [0.25, 0.3) is 0 Å². The maximum Gasteiger partial charge on any atom is 0.000824 e. The molecule has 1 nitrogen and oxygen atoms in total. The minimum atomic E-state index is 0.370. The van der Waals surface area contributed by atoms with E-state index in [1.807, 2.05) is 0 Å². The van der Waals surface area contributed by atoms with Crippen LogP contribution < -0.4 is 5.32 Å². The van der Waals surface area contributed by atoms with E-state index in [-0.39, 0.29) is 0 Å². The second-order valence-corrected chi connectivity index (χ2v) is 6.01. The van der Waals surface area contributed by atoms with Gasteiger partial charge in [0.1, 0.15) is 0 Å². The quantitative estimate of drug-likeness (QED) is 0.710. The van der Waals surface area contributed by atoms with Gasteiger partial charge in [0.05, 0.1) is 0 Å². The first-order valence-electron chi connectivity index (χ1n) is 7.27. The predicted molar refractivity (Wildman–Crippen MR) is 81.2 cm³/mol. The summed E-state index contributed by atoms with van der Waals surface area (Å²) in [6.07, 6.45) is 3.60. The van der Waals surface area contributed by atoms with Crippen LogP contribution in [0.1, 0.15) is 50.3 Å². The van der Waals surface area contributed by atoms with E-state index in [4.69, 9.17) is 0 Å². The van der Waals surface area contributed by atoms with Crippen molar-refractivity contribution in [2.45, 2.75) is 53.9 Å². The summed E-state index contributed by atoms with van der Waals surface area (Å²) in [6, 6.07) is 6.92. The third-order valence-electron chi connectivity index (χ3n) is 3.74. The highest BCUT2D eigenvalue weighted by Crippen LogP contribution is 2.26. The van der Waals surface area contributed by atoms with E-state index in [0.29, 0.717) is 5.41 Å². The van der Waals surface area contributed by atoms with Crippen LogP contribution in [-0.2, 0) is 6.42 Å². The molecule has 102 valence electrons. The van der Waals surface area contributed by atoms with Crippen molar-refractivity contribution in [1.82, 2.24) is 5.32 Å². The standard InChI is InChI=1S/C17H29N/c1-6-8-18-13-17(5,7-2)12-16-10-14(3)9-15(4)11-16/h9-11,18H,6-8,12-13H2,1-5H3. The molecule has 0 fully saturated rings. The molecular formula is C17H29N. The van der Waals surface area contributed by atoms with E-state index < -0.39 is 0 Å². The Bertz CT molecular complexity index is 350. The van der Waals surface area contributed by atoms with Crippen molar-refractivity contribution >= 4 is 0 Å². The summed E-state index contributed by atoms with van der Waals surface area (Å²) in [5.41, 5.74) is 4.61. The van der Waals surface area contributed by atoms with E-state index in [1.165, 1.54) is 36.0 Å². The second-order valence-electron chi connectivity index (χ2n) is 6.01. The van der Waals surface area contributed by atoms with Gasteiger partial charge in [-0.25, -0.2) is 0 Å². The van der Waals surface area contributed by atoms with Crippen molar-refractivity contribution in [2.75, 3.05) is 13.1 Å². The Morgan fingerprint density at radius 1 is 1.06 bits per heavy atom. The molecule has 0 spiro atoms. The molecule has 0 bridgehead atoms. The largest absolute Gasteiger partial charge is 0.316 e. The average molecular weight is 247 g/mol. The van der Waals surface area contributed by atoms with Crippen LogP contribution >= 0.6 is 0 Å². The molecule has 0 saturated carbocycles. The summed E-state index contributed by atoms with van der Waals surface area (Å²) in [5.74, 6) is 0. The summed E-state index contributed by atoms with van der Waals surface area (Å²) in [7, 11) is 0. The Morgan fingerprint density at radius 3 is 2.17 bits per heavy atom. The molecule has 0 heterocycles. The van der Waals surface area contributed by atoms with E-state index in [0.717, 1.165) is 13.1 Å². The predicted octanol–water partition coefficient (Wildman–Crippen LogP) is 4.26. The molecule has 1 unspecified atom stereocenters. The number of hydrogen-bond donors (Lipinski definition) is 1. The maximum atomic E-state index is 3.58. The molecule has 0 aliphatic heterocycles. The van der Waals surface area contributed by atoms with Gasteiger partial charge in [0.15, 0.2) is 0 Å². The smallest absolute Gasteiger partial charge is 0.000824 e. The first-order valence-corrected chi connectivity index (χ1v) is 7.27. The fraction of sp³-hybridized carbons (Fsp3) is 0.647. The first-order chi connectivity index (χ1) is 8.49. The van der Waals surface area contributed by atoms with Crippen molar-refractivity contribution in [3.63, 3.8) is 0 Å². The molecule has 0 radical (unpaired) electrons. The molecule has 1 N–H and O–H groups in total. The maximum absolute atomic E-state index is 3.58. The van der Waals surface area contributed by atoms with Gasteiger partial charge in [0, 0.05) is 6.54 Å². The van der Waals surface area contributed by atoms with Crippen molar-refractivity contribution < 1.29 is 0 Å². The van der Waals surface area contributed by atoms with Gasteiger partial charge in [-0.3, -0.25) is 0 Å². The number of benzene rings is 1. The lowest BCUT2D eigenvalue weighted by molar-refractivity contribution is 0.291. The van der Waals surface area contributed by atoms with Crippen LogP contribution in [0.25, 0.3) is 0 Å². The zero-order valence-corrected chi connectivity index (χ0v) is 12.8. The number of hydrogen-bond acceptors (Lipinski definition) is 1. The van der Waals surface area contributed by atoms with Gasteiger partial charge in [-0.2, -0.15) is 0 Å². The van der Waals surface area contributed by atoms with Crippen LogP contribution in [0, 0.1) is 19.3 Å². The fourth-order valence-corrected chi connectivity index (χ4v) is 2.54. The van der Waals surface area contributed by atoms with Crippen LogP contribution in [0.15, 0.2) is 18.2 Å². The Kier molecular flexibility index (Phi) is 5.87. The summed E-state index contributed by atoms with van der Waals surface area (Å²) < 4.78 is 0. The van der Waals surface area contributed by atoms with E-state index in [9.17, 15) is 0 Å². The van der Waals surface area contributed by atoms with Crippen molar-refractivity contribution in [3.05, 3.63) is 34.9 Å². The summed E-state index contributed by atoms with van der Waals surface area (Å²) in [4.78, 5) is 0. The zero-order chi connectivity index (χ0) is 13.6. The van der Waals surface area contributed by atoms with Crippen LogP contribution in [0.2, 0.25) is 0 Å². The molecule has 1 rings (SSSR count). The molecule has 18 heavy (non-hydrogen) atoms. The highest BCUT2D eigenvalue weighted by atomic mass is 14.9. The molecule has 1 aromatic carbocycles. The molecule has 0 aromatic heterocycles. The van der Waals surface area contributed by atoms with E-state index in [2.05, 4.69) is 58.1 Å². The minimum Gasteiger partial charge on any atom is -0.316 e. The lowest BCUT2D eigenvalue weighted by atomic mass is 9.80. The molecule has 0 aliphatic rings. The Labute approximate surface area is 113 Å². The van der Waals surface area contributed by atoms with Crippen LogP contribution in [0.3, 0.4) is 0 Å². The van der Waals surface area contributed by atoms with Crippen LogP contribution in [-0.4, -0.2) is 13.1 Å². The lowest BCUT2D eigenvalue weighted by Gasteiger charge is -2.29. The molecule has 1 atom stereocenters. The van der Waals surface area contributed by atoms with Gasteiger partial charge in [0.2, 0.25) is 0 Å². The Morgan fingerprint density at radius 2 is 1.67 bits per heavy atom. The first kappa shape index (κ1) is 15.2. The summed E-state index contributed by atoms with van der Waals surface area (Å²) in [6.45, 7) is 13.5. The highest BCUT2D eigenvalue weighted by molar-refractivity contribution is 5.29. The van der Waals surface area contributed by atoms with Gasteiger partial charge in [-0.05, 0) is 50.6 Å². The lowest BCUT2D eigenvalue weighted by Crippen LogP contribution is -2.33. The number of nitrogens with one attached hydrogen (secondary N) is 1. The van der Waals surface area contributed by atoms with E-state index >= 15 is 0 Å². The normalized spacial score (nSPS) is 14.5. The second kappa shape index (κ2) is 6.94. The van der Waals surface area contributed by atoms with Gasteiger partial charge < -0.3 is 5.32 Å². The monoisotopic (exact) mass is 247 g/mol. The van der Waals surface area contributed by atoms with Crippen LogP contribution in [0.4, 0.5) is 0 Å². The van der Waals surface area contributed by atoms with Crippen molar-refractivity contribution in [1.29, 1.82) is 0 Å². The van der Waals surface area contributed by atoms with E-state index in [1.54, 1.807) is 0 Å². The summed E-state index contributed by atoms with van der Waals surface area (Å²) in [5, 5.41) is 3.58. The van der Waals surface area contributed by atoms with Crippen molar-refractivity contribution in [3.8, 4) is 0 Å². The minimum absolute atomic E-state index is 0.370. The van der Waals surface area contributed by atoms with Crippen molar-refractivity contribution in [2.24, 2.45) is 5.41 Å². The van der Waals surface area contributed by atoms with Gasteiger partial charge >= 0.3 is 0 Å². The zero-order valence-electron chi connectivity index (χ0n) is 12.8. The molecule has 1 heteroatoms. The fourth-order valence-electron chi connectivity index (χ4n) is 2.54. The summed E-state index contributed by atoms with van der Waals surface area (Å²) >= 11 is 0. The van der Waals surface area contributed by atoms with Gasteiger partial charge in [-0.1, -0.05) is 50.1 Å². The molecule has 1 aromatic rings. The average Bonchev–Trinajstić information content (AvgIpc) is 2.28. The Balaban J connectivity index is 2.71. The SMILES string of the molecule is CCCNCC(C)(CC)Cc1cc(C)cc(C)c1. The molecule has 0 aliphatic carbocycles. The highest BCUT2D eigenvalue weighted by Gasteiger charge is 2.22.